The molecule has 1 radical (unpaired) electrons. The summed E-state index contributed by atoms with van der Waals surface area (Å²) in [5.74, 6) is 0. The SMILES string of the molecule is CC(C)(C)c1n[c-]ns1.[Re]. The van der Waals surface area contributed by atoms with Gasteiger partial charge in [-0.1, -0.05) is 26.2 Å². The standard InChI is InChI=1S/C6H9N2S.Re/c1-6(2,3)5-7-4-8-9-5;/h1-3H3;/q-1;. The molecular formula is C6H9N2ReS-. The normalized spacial score (nSPS) is 10.7. The first-order valence-corrected chi connectivity index (χ1v) is 3.58. The first-order chi connectivity index (χ1) is 4.11. The molecule has 1 aromatic rings. The quantitative estimate of drug-likeness (QED) is 0.677. The summed E-state index contributed by atoms with van der Waals surface area (Å²) >= 11 is 1.41. The summed E-state index contributed by atoms with van der Waals surface area (Å²) in [6.45, 7) is 6.34. The molecule has 0 aliphatic heterocycles. The monoisotopic (exact) mass is 328 g/mol. The molecule has 0 aromatic carbocycles. The molecule has 0 spiro atoms. The fourth-order valence-electron chi connectivity index (χ4n) is 0.455. The van der Waals surface area contributed by atoms with Gasteiger partial charge in [0.1, 0.15) is 0 Å². The minimum Gasteiger partial charge on any atom is -0.424 e. The number of aromatic nitrogens is 2. The van der Waals surface area contributed by atoms with E-state index in [0.717, 1.165) is 5.01 Å². The largest absolute Gasteiger partial charge is 0.424 e. The number of rotatable bonds is 0. The Bertz CT molecular complexity index is 178. The molecule has 0 aliphatic rings. The van der Waals surface area contributed by atoms with E-state index in [4.69, 9.17) is 0 Å². The molecule has 0 aliphatic carbocycles. The van der Waals surface area contributed by atoms with E-state index in [2.05, 4.69) is 36.5 Å². The van der Waals surface area contributed by atoms with Crippen LogP contribution in [0.4, 0.5) is 0 Å². The second kappa shape index (κ2) is 3.57. The smallest absolute Gasteiger partial charge is 0 e. The van der Waals surface area contributed by atoms with Gasteiger partial charge in [0.2, 0.25) is 0 Å². The van der Waals surface area contributed by atoms with Crippen LogP contribution in [-0.4, -0.2) is 9.36 Å². The van der Waals surface area contributed by atoms with Gasteiger partial charge < -0.3 is 9.36 Å². The summed E-state index contributed by atoms with van der Waals surface area (Å²) in [5, 5.41) is 1.04. The van der Waals surface area contributed by atoms with Crippen molar-refractivity contribution >= 4 is 11.5 Å². The summed E-state index contributed by atoms with van der Waals surface area (Å²) in [6.07, 6.45) is 2.55. The van der Waals surface area contributed by atoms with Gasteiger partial charge in [-0.25, -0.2) is 0 Å². The zero-order valence-corrected chi connectivity index (χ0v) is 9.71. The van der Waals surface area contributed by atoms with Crippen molar-refractivity contribution in [3.05, 3.63) is 11.3 Å². The van der Waals surface area contributed by atoms with Crippen LogP contribution in [0.5, 0.6) is 0 Å². The van der Waals surface area contributed by atoms with Crippen LogP contribution < -0.4 is 0 Å². The van der Waals surface area contributed by atoms with Crippen LogP contribution >= 0.6 is 11.5 Å². The van der Waals surface area contributed by atoms with Gasteiger partial charge in [-0.05, 0) is 11.3 Å². The van der Waals surface area contributed by atoms with Gasteiger partial charge in [-0.3, -0.25) is 0 Å². The van der Waals surface area contributed by atoms with Crippen LogP contribution in [-0.2, 0) is 25.8 Å². The van der Waals surface area contributed by atoms with Crippen molar-refractivity contribution in [3.8, 4) is 0 Å². The summed E-state index contributed by atoms with van der Waals surface area (Å²) in [5.41, 5.74) is 0.137. The van der Waals surface area contributed by atoms with Gasteiger partial charge in [0.25, 0.3) is 0 Å². The summed E-state index contributed by atoms with van der Waals surface area (Å²) in [6, 6.07) is 0. The van der Waals surface area contributed by atoms with Crippen molar-refractivity contribution in [2.24, 2.45) is 0 Å². The maximum absolute atomic E-state index is 3.97. The fourth-order valence-corrected chi connectivity index (χ4v) is 0.978. The van der Waals surface area contributed by atoms with Crippen molar-refractivity contribution < 1.29 is 20.4 Å². The molecule has 57 valence electrons. The number of nitrogens with zero attached hydrogens (tertiary/aromatic N) is 2. The van der Waals surface area contributed by atoms with Crippen LogP contribution in [0.2, 0.25) is 0 Å². The Morgan fingerprint density at radius 2 is 2.00 bits per heavy atom. The molecule has 1 rings (SSSR count). The molecular weight excluding hydrogens is 318 g/mol. The second-order valence-electron chi connectivity index (χ2n) is 2.95. The molecule has 0 atom stereocenters. The van der Waals surface area contributed by atoms with Crippen molar-refractivity contribution in [2.75, 3.05) is 0 Å². The van der Waals surface area contributed by atoms with Gasteiger partial charge in [0.05, 0.1) is 0 Å². The Kier molecular flexibility index (Phi) is 3.65. The number of hydrogen-bond donors (Lipinski definition) is 0. The van der Waals surface area contributed by atoms with E-state index in [0.29, 0.717) is 0 Å². The van der Waals surface area contributed by atoms with Gasteiger partial charge in [0.15, 0.2) is 0 Å². The Hall–Kier alpha value is 0.222. The van der Waals surface area contributed by atoms with E-state index in [9.17, 15) is 0 Å². The minimum absolute atomic E-state index is 0. The van der Waals surface area contributed by atoms with Crippen LogP contribution in [0, 0.1) is 6.33 Å². The molecule has 2 nitrogen and oxygen atoms in total. The van der Waals surface area contributed by atoms with E-state index in [1.54, 1.807) is 0 Å². The van der Waals surface area contributed by atoms with Crippen molar-refractivity contribution in [2.45, 2.75) is 26.2 Å². The first kappa shape index (κ1) is 10.2. The summed E-state index contributed by atoms with van der Waals surface area (Å²) < 4.78 is 3.79. The molecule has 0 amide bonds. The molecule has 4 heteroatoms. The molecule has 0 saturated heterocycles. The predicted octanol–water partition coefficient (Wildman–Crippen LogP) is 1.63. The summed E-state index contributed by atoms with van der Waals surface area (Å²) in [4.78, 5) is 3.97. The molecule has 0 N–H and O–H groups in total. The first-order valence-electron chi connectivity index (χ1n) is 2.81. The molecule has 10 heavy (non-hydrogen) atoms. The average molecular weight is 327 g/mol. The number of hydrogen-bond acceptors (Lipinski definition) is 3. The minimum atomic E-state index is 0. The predicted molar refractivity (Wildman–Crippen MR) is 37.4 cm³/mol. The Morgan fingerprint density at radius 1 is 1.40 bits per heavy atom. The molecule has 0 saturated carbocycles. The van der Waals surface area contributed by atoms with Gasteiger partial charge in [0, 0.05) is 20.4 Å². The Balaban J connectivity index is 0.000000810. The van der Waals surface area contributed by atoms with Gasteiger partial charge in [-0.15, -0.1) is 11.5 Å². The maximum atomic E-state index is 3.97. The van der Waals surface area contributed by atoms with E-state index in [1.807, 2.05) is 0 Å². The van der Waals surface area contributed by atoms with Crippen LogP contribution in [0.1, 0.15) is 25.8 Å². The molecule has 0 fully saturated rings. The third-order valence-electron chi connectivity index (χ3n) is 0.966. The maximum Gasteiger partial charge on any atom is 0 e. The fraction of sp³-hybridized carbons (Fsp3) is 0.667. The van der Waals surface area contributed by atoms with Crippen molar-refractivity contribution in [3.63, 3.8) is 0 Å². The van der Waals surface area contributed by atoms with Crippen molar-refractivity contribution in [1.82, 2.24) is 9.36 Å². The summed E-state index contributed by atoms with van der Waals surface area (Å²) in [7, 11) is 0. The van der Waals surface area contributed by atoms with Crippen LogP contribution in [0.25, 0.3) is 0 Å². The molecule has 0 unspecified atom stereocenters. The van der Waals surface area contributed by atoms with E-state index < -0.39 is 0 Å². The third-order valence-corrected chi connectivity index (χ3v) is 2.02. The second-order valence-corrected chi connectivity index (χ2v) is 3.70. The van der Waals surface area contributed by atoms with Gasteiger partial charge in [-0.2, -0.15) is 0 Å². The molecule has 1 aromatic heterocycles. The zero-order valence-electron chi connectivity index (χ0n) is 6.18. The molecule has 0 bridgehead atoms. The van der Waals surface area contributed by atoms with Gasteiger partial charge >= 0.3 is 0 Å². The molecule has 1 heterocycles. The van der Waals surface area contributed by atoms with Crippen LogP contribution in [0.15, 0.2) is 0 Å². The van der Waals surface area contributed by atoms with E-state index in [-0.39, 0.29) is 25.8 Å². The Labute approximate surface area is 78.9 Å². The zero-order chi connectivity index (χ0) is 6.91. The average Bonchev–Trinajstić information content (AvgIpc) is 2.08. The van der Waals surface area contributed by atoms with E-state index >= 15 is 0 Å². The Morgan fingerprint density at radius 3 is 2.20 bits per heavy atom. The topological polar surface area (TPSA) is 25.8 Å². The van der Waals surface area contributed by atoms with Crippen molar-refractivity contribution in [1.29, 1.82) is 0 Å². The van der Waals surface area contributed by atoms with E-state index in [1.165, 1.54) is 11.5 Å². The van der Waals surface area contributed by atoms with Crippen LogP contribution in [0.3, 0.4) is 0 Å². The third kappa shape index (κ3) is 2.45.